The number of nitrogens with one attached hydrogen (secondary N) is 1. The Morgan fingerprint density at radius 1 is 1.40 bits per heavy atom. The van der Waals surface area contributed by atoms with Gasteiger partial charge in [-0.2, -0.15) is 5.10 Å². The zero-order valence-electron chi connectivity index (χ0n) is 12.3. The number of halogens is 1. The van der Waals surface area contributed by atoms with Gasteiger partial charge in [-0.3, -0.25) is 14.3 Å². The van der Waals surface area contributed by atoms with Crippen molar-refractivity contribution in [1.82, 2.24) is 20.0 Å². The third-order valence-electron chi connectivity index (χ3n) is 3.66. The van der Waals surface area contributed by atoms with Crippen LogP contribution in [0, 0.1) is 6.92 Å². The molecule has 20 heavy (non-hydrogen) atoms. The molecule has 1 aromatic rings. The molecule has 7 heteroatoms. The van der Waals surface area contributed by atoms with E-state index < -0.39 is 11.6 Å². The number of piperazine rings is 1. The smallest absolute Gasteiger partial charge is 0.248 e. The summed E-state index contributed by atoms with van der Waals surface area (Å²) in [7, 11) is 1.78. The summed E-state index contributed by atoms with van der Waals surface area (Å²) in [4.78, 5) is 26.0. The predicted molar refractivity (Wildman–Crippen MR) is 75.2 cm³/mol. The van der Waals surface area contributed by atoms with Crippen LogP contribution in [0.3, 0.4) is 0 Å². The average molecular weight is 299 g/mol. The maximum absolute atomic E-state index is 12.5. The fourth-order valence-electron chi connectivity index (χ4n) is 2.36. The van der Waals surface area contributed by atoms with Crippen LogP contribution in [-0.4, -0.2) is 38.1 Å². The fraction of sp³-hybridized carbons (Fsp3) is 0.615. The number of carbonyl (C=O) groups excluding carboxylic acids is 2. The number of nitrogens with zero attached hydrogens (tertiary/aromatic N) is 3. The standard InChI is InChI=1S/C13H19ClN4O2/c1-7-10(14)9(17(5)16-7)6-18-8(2)11(19)15-13(3,4)12(18)20/h8H,6H2,1-5H3,(H,15,19). The topological polar surface area (TPSA) is 67.2 Å². The number of amides is 2. The summed E-state index contributed by atoms with van der Waals surface area (Å²) in [6.07, 6.45) is 0. The Morgan fingerprint density at radius 3 is 2.50 bits per heavy atom. The Morgan fingerprint density at radius 2 is 2.00 bits per heavy atom. The van der Waals surface area contributed by atoms with E-state index in [-0.39, 0.29) is 18.4 Å². The first-order valence-electron chi connectivity index (χ1n) is 6.46. The summed E-state index contributed by atoms with van der Waals surface area (Å²) in [6, 6.07) is -0.526. The molecule has 2 heterocycles. The van der Waals surface area contributed by atoms with Gasteiger partial charge in [-0.1, -0.05) is 11.6 Å². The minimum Gasteiger partial charge on any atom is -0.340 e. The molecule has 1 saturated heterocycles. The van der Waals surface area contributed by atoms with Crippen molar-refractivity contribution in [1.29, 1.82) is 0 Å². The van der Waals surface area contributed by atoms with Crippen LogP contribution in [0.2, 0.25) is 5.02 Å². The lowest BCUT2D eigenvalue weighted by atomic mass is 9.97. The SMILES string of the molecule is Cc1nn(C)c(CN2C(=O)C(C)(C)NC(=O)C2C)c1Cl. The van der Waals surface area contributed by atoms with Gasteiger partial charge in [0.1, 0.15) is 11.6 Å². The van der Waals surface area contributed by atoms with Crippen LogP contribution in [0.4, 0.5) is 0 Å². The van der Waals surface area contributed by atoms with Crippen molar-refractivity contribution in [3.8, 4) is 0 Å². The van der Waals surface area contributed by atoms with Crippen molar-refractivity contribution in [2.45, 2.75) is 45.8 Å². The maximum atomic E-state index is 12.5. The number of carbonyl (C=O) groups is 2. The van der Waals surface area contributed by atoms with Gasteiger partial charge in [0.2, 0.25) is 11.8 Å². The van der Waals surface area contributed by atoms with Crippen molar-refractivity contribution in [3.63, 3.8) is 0 Å². The zero-order valence-corrected chi connectivity index (χ0v) is 13.1. The summed E-state index contributed by atoms with van der Waals surface area (Å²) >= 11 is 6.21. The van der Waals surface area contributed by atoms with E-state index in [1.807, 2.05) is 6.92 Å². The van der Waals surface area contributed by atoms with E-state index in [4.69, 9.17) is 11.6 Å². The zero-order chi connectivity index (χ0) is 15.2. The Hall–Kier alpha value is -1.56. The molecular formula is C13H19ClN4O2. The van der Waals surface area contributed by atoms with E-state index in [1.165, 1.54) is 0 Å². The van der Waals surface area contributed by atoms with Crippen molar-refractivity contribution in [2.75, 3.05) is 0 Å². The second-order valence-corrected chi connectivity index (χ2v) is 6.07. The van der Waals surface area contributed by atoms with Crippen LogP contribution in [0.15, 0.2) is 0 Å². The summed E-state index contributed by atoms with van der Waals surface area (Å²) in [5.41, 5.74) is 0.545. The number of hydrogen-bond acceptors (Lipinski definition) is 3. The number of rotatable bonds is 2. The van der Waals surface area contributed by atoms with E-state index >= 15 is 0 Å². The number of hydrogen-bond donors (Lipinski definition) is 1. The van der Waals surface area contributed by atoms with Gasteiger partial charge in [0.05, 0.1) is 23.0 Å². The highest BCUT2D eigenvalue weighted by Crippen LogP contribution is 2.25. The minimum absolute atomic E-state index is 0.125. The lowest BCUT2D eigenvalue weighted by Gasteiger charge is -2.41. The first-order chi connectivity index (χ1) is 9.15. The molecule has 1 aliphatic rings. The van der Waals surface area contributed by atoms with Gasteiger partial charge in [0, 0.05) is 7.05 Å². The third kappa shape index (κ3) is 2.28. The van der Waals surface area contributed by atoms with Gasteiger partial charge < -0.3 is 10.2 Å². The normalized spacial score (nSPS) is 22.1. The van der Waals surface area contributed by atoms with E-state index in [1.54, 1.807) is 37.4 Å². The first kappa shape index (κ1) is 14.8. The Bertz CT molecular complexity index is 579. The van der Waals surface area contributed by atoms with E-state index in [2.05, 4.69) is 10.4 Å². The monoisotopic (exact) mass is 298 g/mol. The van der Waals surface area contributed by atoms with Crippen LogP contribution >= 0.6 is 11.6 Å². The molecule has 1 atom stereocenters. The van der Waals surface area contributed by atoms with Crippen molar-refractivity contribution in [3.05, 3.63) is 16.4 Å². The molecular weight excluding hydrogens is 280 g/mol. The molecule has 0 spiro atoms. The molecule has 1 unspecified atom stereocenters. The summed E-state index contributed by atoms with van der Waals surface area (Å²) in [5, 5.41) is 7.49. The van der Waals surface area contributed by atoms with Gasteiger partial charge in [-0.25, -0.2) is 0 Å². The quantitative estimate of drug-likeness (QED) is 0.886. The van der Waals surface area contributed by atoms with E-state index in [0.717, 1.165) is 5.69 Å². The average Bonchev–Trinajstić information content (AvgIpc) is 2.57. The highest BCUT2D eigenvalue weighted by Gasteiger charge is 2.43. The molecule has 6 nitrogen and oxygen atoms in total. The van der Waals surface area contributed by atoms with Gasteiger partial charge in [-0.05, 0) is 27.7 Å². The predicted octanol–water partition coefficient (Wildman–Crippen LogP) is 1.01. The van der Waals surface area contributed by atoms with E-state index in [0.29, 0.717) is 10.7 Å². The van der Waals surface area contributed by atoms with Crippen LogP contribution in [0.1, 0.15) is 32.2 Å². The molecule has 0 saturated carbocycles. The van der Waals surface area contributed by atoms with Crippen molar-refractivity contribution in [2.24, 2.45) is 7.05 Å². The minimum atomic E-state index is -0.899. The molecule has 1 fully saturated rings. The molecule has 0 aliphatic carbocycles. The number of aryl methyl sites for hydroxylation is 2. The molecule has 110 valence electrons. The van der Waals surface area contributed by atoms with Crippen LogP contribution < -0.4 is 5.32 Å². The Balaban J connectivity index is 2.35. The fourth-order valence-corrected chi connectivity index (χ4v) is 2.58. The summed E-state index contributed by atoms with van der Waals surface area (Å²) < 4.78 is 1.65. The highest BCUT2D eigenvalue weighted by atomic mass is 35.5. The number of aromatic nitrogens is 2. The highest BCUT2D eigenvalue weighted by molar-refractivity contribution is 6.31. The second kappa shape index (κ2) is 4.77. The molecule has 0 aromatic carbocycles. The molecule has 1 aromatic heterocycles. The van der Waals surface area contributed by atoms with Gasteiger partial charge >= 0.3 is 0 Å². The van der Waals surface area contributed by atoms with Crippen LogP contribution in [-0.2, 0) is 23.2 Å². The van der Waals surface area contributed by atoms with Crippen LogP contribution in [0.5, 0.6) is 0 Å². The molecule has 0 radical (unpaired) electrons. The second-order valence-electron chi connectivity index (χ2n) is 5.69. The largest absolute Gasteiger partial charge is 0.340 e. The molecule has 0 bridgehead atoms. The van der Waals surface area contributed by atoms with Gasteiger partial charge in [-0.15, -0.1) is 0 Å². The Labute approximate surface area is 123 Å². The lowest BCUT2D eigenvalue weighted by Crippen LogP contribution is -2.67. The summed E-state index contributed by atoms with van der Waals surface area (Å²) in [6.45, 7) is 7.18. The van der Waals surface area contributed by atoms with E-state index in [9.17, 15) is 9.59 Å². The Kier molecular flexibility index (Phi) is 3.54. The van der Waals surface area contributed by atoms with Gasteiger partial charge in [0.25, 0.3) is 0 Å². The first-order valence-corrected chi connectivity index (χ1v) is 6.84. The van der Waals surface area contributed by atoms with Gasteiger partial charge in [0.15, 0.2) is 0 Å². The molecule has 2 rings (SSSR count). The molecule has 1 N–H and O–H groups in total. The molecule has 2 amide bonds. The van der Waals surface area contributed by atoms with Crippen LogP contribution in [0.25, 0.3) is 0 Å². The van der Waals surface area contributed by atoms with Crippen molar-refractivity contribution < 1.29 is 9.59 Å². The molecule has 1 aliphatic heterocycles. The summed E-state index contributed by atoms with van der Waals surface area (Å²) in [5.74, 6) is -0.288. The third-order valence-corrected chi connectivity index (χ3v) is 4.15. The van der Waals surface area contributed by atoms with Crippen molar-refractivity contribution >= 4 is 23.4 Å². The lowest BCUT2D eigenvalue weighted by molar-refractivity contribution is -0.153. The maximum Gasteiger partial charge on any atom is 0.248 e.